The van der Waals surface area contributed by atoms with Gasteiger partial charge in [-0.1, -0.05) is 47.1 Å². The van der Waals surface area contributed by atoms with Gasteiger partial charge in [-0.05, 0) is 41.7 Å². The number of hydrogen-bond acceptors (Lipinski definition) is 6. The van der Waals surface area contributed by atoms with Crippen LogP contribution < -0.4 is 21.1 Å². The van der Waals surface area contributed by atoms with Gasteiger partial charge >= 0.3 is 6.03 Å². The summed E-state index contributed by atoms with van der Waals surface area (Å²) in [5.74, 6) is 1.19. The molecule has 0 bridgehead atoms. The van der Waals surface area contributed by atoms with Gasteiger partial charge in [0.15, 0.2) is 5.78 Å². The van der Waals surface area contributed by atoms with Gasteiger partial charge in [0.05, 0.1) is 30.8 Å². The molecule has 0 radical (unpaired) electrons. The highest BCUT2D eigenvalue weighted by Gasteiger charge is 2.48. The number of hydrogen-bond donors (Lipinski definition) is 3. The van der Waals surface area contributed by atoms with Crippen LogP contribution in [0.3, 0.4) is 0 Å². The van der Waals surface area contributed by atoms with E-state index >= 15 is 0 Å². The Bertz CT molecular complexity index is 1420. The van der Waals surface area contributed by atoms with E-state index in [9.17, 15) is 14.4 Å². The second-order valence-electron chi connectivity index (χ2n) is 11.0. The third kappa shape index (κ3) is 5.46. The first-order valence-corrected chi connectivity index (χ1v) is 13.7. The van der Waals surface area contributed by atoms with Gasteiger partial charge in [-0.15, -0.1) is 0 Å². The first-order valence-electron chi connectivity index (χ1n) is 13.7. The number of methoxy groups -OCH3 is 1. The third-order valence-corrected chi connectivity index (χ3v) is 7.11. The number of nitrogens with one attached hydrogen (secondary N) is 2. The van der Waals surface area contributed by atoms with Crippen LogP contribution in [0.5, 0.6) is 5.75 Å². The van der Waals surface area contributed by atoms with Crippen LogP contribution in [0.2, 0.25) is 0 Å². The highest BCUT2D eigenvalue weighted by molar-refractivity contribution is 6.06. The predicted octanol–water partition coefficient (Wildman–Crippen LogP) is 5.37. The summed E-state index contributed by atoms with van der Waals surface area (Å²) in [6, 6.07) is 8.31. The largest absolute Gasteiger partial charge is 0.496 e. The monoisotopic (exact) mass is 546 g/mol. The Morgan fingerprint density at radius 2 is 1.85 bits per heavy atom. The lowest BCUT2D eigenvalue weighted by Crippen LogP contribution is -2.33. The van der Waals surface area contributed by atoms with Crippen molar-refractivity contribution in [3.8, 4) is 17.0 Å². The van der Waals surface area contributed by atoms with Crippen molar-refractivity contribution < 1.29 is 23.9 Å². The van der Waals surface area contributed by atoms with Crippen molar-refractivity contribution in [2.75, 3.05) is 19.0 Å². The molecule has 1 aromatic heterocycles. The number of amides is 3. The number of aromatic nitrogens is 1. The fourth-order valence-electron chi connectivity index (χ4n) is 5.67. The second-order valence-corrected chi connectivity index (χ2v) is 11.0. The van der Waals surface area contributed by atoms with Crippen molar-refractivity contribution in [2.24, 2.45) is 11.1 Å². The summed E-state index contributed by atoms with van der Waals surface area (Å²) in [5.41, 5.74) is 9.10. The Balaban J connectivity index is 0.00000118. The fourth-order valence-corrected chi connectivity index (χ4v) is 5.67. The first-order chi connectivity index (χ1) is 19.0. The first kappa shape index (κ1) is 28.9. The molecule has 40 heavy (non-hydrogen) atoms. The second kappa shape index (κ2) is 11.5. The predicted molar refractivity (Wildman–Crippen MR) is 154 cm³/mol. The molecule has 9 heteroatoms. The van der Waals surface area contributed by atoms with E-state index in [1.54, 1.807) is 19.2 Å². The van der Waals surface area contributed by atoms with Crippen molar-refractivity contribution in [3.05, 3.63) is 64.1 Å². The zero-order valence-electron chi connectivity index (χ0n) is 24.1. The van der Waals surface area contributed by atoms with Crippen LogP contribution in [-0.4, -0.2) is 36.4 Å². The van der Waals surface area contributed by atoms with Gasteiger partial charge in [0.2, 0.25) is 0 Å². The van der Waals surface area contributed by atoms with Gasteiger partial charge in [-0.25, -0.2) is 9.78 Å². The zero-order chi connectivity index (χ0) is 29.2. The molecule has 1 aromatic carbocycles. The molecule has 3 amide bonds. The highest BCUT2D eigenvalue weighted by Crippen LogP contribution is 2.52. The Morgan fingerprint density at radius 1 is 1.12 bits per heavy atom. The number of ketones is 1. The molecule has 2 aliphatic heterocycles. The van der Waals surface area contributed by atoms with Crippen LogP contribution in [0.25, 0.3) is 11.3 Å². The number of ether oxygens (including phenoxy) is 2. The average Bonchev–Trinajstić information content (AvgIpc) is 3.26. The molecule has 3 aliphatic rings. The van der Waals surface area contributed by atoms with Crippen LogP contribution >= 0.6 is 0 Å². The number of nitrogens with two attached hydrogens (primary N) is 1. The summed E-state index contributed by atoms with van der Waals surface area (Å²) in [4.78, 5) is 42.7. The minimum atomic E-state index is -0.706. The van der Waals surface area contributed by atoms with Gasteiger partial charge in [0, 0.05) is 29.5 Å². The molecule has 1 aliphatic carbocycles. The zero-order valence-corrected chi connectivity index (χ0v) is 24.1. The lowest BCUT2D eigenvalue weighted by molar-refractivity contribution is -0.119. The summed E-state index contributed by atoms with van der Waals surface area (Å²) in [7, 11) is 1.58. The number of carbonyl (C=O) groups is 3. The van der Waals surface area contributed by atoms with Crippen LogP contribution in [0.1, 0.15) is 70.9 Å². The van der Waals surface area contributed by atoms with Crippen molar-refractivity contribution in [1.29, 1.82) is 0 Å². The number of carbonyl (C=O) groups excluding carboxylic acids is 3. The summed E-state index contributed by atoms with van der Waals surface area (Å²) >= 11 is 0. The molecular weight excluding hydrogens is 508 g/mol. The van der Waals surface area contributed by atoms with E-state index in [4.69, 9.17) is 15.2 Å². The number of Topliss-reactive ketones (excluding diaryl/α,β-unsaturated/α-hetero) is 1. The molecule has 0 fully saturated rings. The summed E-state index contributed by atoms with van der Waals surface area (Å²) in [5, 5.41) is 5.39. The van der Waals surface area contributed by atoms with Gasteiger partial charge in [0.25, 0.3) is 5.91 Å². The average molecular weight is 547 g/mol. The number of anilines is 1. The highest BCUT2D eigenvalue weighted by atomic mass is 16.5. The van der Waals surface area contributed by atoms with E-state index in [-0.39, 0.29) is 23.7 Å². The quantitative estimate of drug-likeness (QED) is 0.462. The van der Waals surface area contributed by atoms with Gasteiger partial charge in [-0.3, -0.25) is 14.9 Å². The van der Waals surface area contributed by atoms with Gasteiger partial charge in [-0.2, -0.15) is 0 Å². The standard InChI is InChI=1S/C28H30N4O5.C3H8/c1-5-14-15(16-7-6-8-21(31-16)32-27(29)35)9-10-18(36-4)22(14)25-23-17(33)11-28(2,3)12-19(23)37-20-13-30-26(34)24(20)25;1-3-2/h6-10,25H,5,11-13H2,1-4H3,(H,30,34)(H3,29,31,32,35);3H2,1-2H3/t25-;/m0./s1. The van der Waals surface area contributed by atoms with E-state index < -0.39 is 11.9 Å². The van der Waals surface area contributed by atoms with Gasteiger partial charge in [0.1, 0.15) is 23.1 Å². The van der Waals surface area contributed by atoms with Crippen molar-refractivity contribution in [1.82, 2.24) is 10.3 Å². The third-order valence-electron chi connectivity index (χ3n) is 7.11. The number of pyridine rings is 1. The molecule has 4 N–H and O–H groups in total. The topological polar surface area (TPSA) is 133 Å². The van der Waals surface area contributed by atoms with Crippen molar-refractivity contribution >= 4 is 23.5 Å². The maximum Gasteiger partial charge on any atom is 0.317 e. The molecule has 0 unspecified atom stereocenters. The smallest absolute Gasteiger partial charge is 0.317 e. The van der Waals surface area contributed by atoms with Crippen LogP contribution in [-0.2, 0) is 20.7 Å². The molecule has 1 atom stereocenters. The Hall–Kier alpha value is -4.14. The number of urea groups is 1. The van der Waals surface area contributed by atoms with E-state index in [1.165, 1.54) is 6.42 Å². The van der Waals surface area contributed by atoms with Gasteiger partial charge < -0.3 is 20.5 Å². The van der Waals surface area contributed by atoms with Crippen molar-refractivity contribution in [3.63, 3.8) is 0 Å². The lowest BCUT2D eigenvalue weighted by Gasteiger charge is -2.38. The molecule has 0 saturated heterocycles. The molecule has 0 saturated carbocycles. The minimum Gasteiger partial charge on any atom is -0.496 e. The maximum atomic E-state index is 13.6. The Morgan fingerprint density at radius 3 is 2.50 bits per heavy atom. The van der Waals surface area contributed by atoms with Crippen LogP contribution in [0.4, 0.5) is 10.6 Å². The Kier molecular flexibility index (Phi) is 8.32. The normalized spacial score (nSPS) is 19.1. The number of rotatable bonds is 5. The van der Waals surface area contributed by atoms with Crippen molar-refractivity contribution in [2.45, 2.75) is 66.2 Å². The number of allylic oxidation sites excluding steroid dienone is 2. The van der Waals surface area contributed by atoms with E-state index in [0.29, 0.717) is 59.2 Å². The molecule has 2 aromatic rings. The van der Waals surface area contributed by atoms with E-state index in [1.807, 2.05) is 39.0 Å². The molecule has 212 valence electrons. The molecule has 5 rings (SSSR count). The molecule has 9 nitrogen and oxygen atoms in total. The fraction of sp³-hybridized carbons (Fsp3) is 0.419. The van der Waals surface area contributed by atoms with Crippen LogP contribution in [0.15, 0.2) is 53.0 Å². The minimum absolute atomic E-state index is 0.0252. The molecule has 3 heterocycles. The summed E-state index contributed by atoms with van der Waals surface area (Å²) in [6.45, 7) is 10.6. The molecule has 0 spiro atoms. The summed E-state index contributed by atoms with van der Waals surface area (Å²) in [6.07, 6.45) is 2.80. The number of nitrogens with zero attached hydrogens (tertiary/aromatic N) is 1. The maximum absolute atomic E-state index is 13.6. The number of primary amides is 1. The SMILES string of the molecule is CCC.CCc1c(-c2cccc(NC(N)=O)n2)ccc(OC)c1[C@H]1C2=C(CC(C)(C)CC2=O)OC2=C1C(=O)NC2. The van der Waals surface area contributed by atoms with Crippen LogP contribution in [0, 0.1) is 5.41 Å². The summed E-state index contributed by atoms with van der Waals surface area (Å²) < 4.78 is 12.0. The van der Waals surface area contributed by atoms with E-state index in [0.717, 1.165) is 16.7 Å². The molecular formula is C31H38N4O5. The lowest BCUT2D eigenvalue weighted by atomic mass is 9.68. The van der Waals surface area contributed by atoms with E-state index in [2.05, 4.69) is 29.5 Å². The number of benzene rings is 1. The Labute approximate surface area is 235 Å².